The predicted octanol–water partition coefficient (Wildman–Crippen LogP) is 2.02. The fourth-order valence-electron chi connectivity index (χ4n) is 1.58. The van der Waals surface area contributed by atoms with Gasteiger partial charge >= 0.3 is 11.9 Å². The van der Waals surface area contributed by atoms with Crippen LogP contribution in [0.15, 0.2) is 18.3 Å². The lowest BCUT2D eigenvalue weighted by atomic mass is 9.88. The lowest BCUT2D eigenvalue weighted by molar-refractivity contribution is -0.219. The highest BCUT2D eigenvalue weighted by Gasteiger charge is 2.60. The average Bonchev–Trinajstić information content (AvgIpc) is 2.38. The lowest BCUT2D eigenvalue weighted by Gasteiger charge is -2.32. The zero-order chi connectivity index (χ0) is 14.7. The van der Waals surface area contributed by atoms with Crippen molar-refractivity contribution in [2.75, 3.05) is 6.61 Å². The average molecular weight is 277 g/mol. The molecule has 7 heteroatoms. The molecule has 0 saturated carbocycles. The molecule has 0 bridgehead atoms. The summed E-state index contributed by atoms with van der Waals surface area (Å²) in [6.07, 6.45) is 0.203. The number of carbonyl (C=O) groups excluding carboxylic acids is 1. The molecule has 0 amide bonds. The van der Waals surface area contributed by atoms with E-state index < -0.39 is 35.4 Å². The third-order valence-corrected chi connectivity index (χ3v) is 2.71. The highest BCUT2D eigenvalue weighted by Crippen LogP contribution is 2.40. The summed E-state index contributed by atoms with van der Waals surface area (Å²) in [7, 11) is 0. The number of aromatic nitrogens is 1. The summed E-state index contributed by atoms with van der Waals surface area (Å²) in [5.41, 5.74) is -3.33. The Morgan fingerprint density at radius 3 is 2.47 bits per heavy atom. The summed E-state index contributed by atoms with van der Waals surface area (Å²) < 4.78 is 44.9. The fourth-order valence-corrected chi connectivity index (χ4v) is 1.58. The van der Waals surface area contributed by atoms with E-state index in [1.54, 1.807) is 0 Å². The molecular weight excluding hydrogens is 263 g/mol. The Kier molecular flexibility index (Phi) is 4.52. The third kappa shape index (κ3) is 2.70. The first-order valence-corrected chi connectivity index (χ1v) is 5.69. The van der Waals surface area contributed by atoms with Crippen LogP contribution in [0.4, 0.5) is 13.2 Å². The van der Waals surface area contributed by atoms with E-state index in [1.807, 2.05) is 0 Å². The zero-order valence-electron chi connectivity index (χ0n) is 10.5. The van der Waals surface area contributed by atoms with Crippen LogP contribution in [0.3, 0.4) is 0 Å². The largest absolute Gasteiger partial charge is 0.461 e. The Hall–Kier alpha value is -1.63. The normalized spacial score (nSPS) is 14.8. The molecule has 19 heavy (non-hydrogen) atoms. The van der Waals surface area contributed by atoms with Crippen molar-refractivity contribution in [3.63, 3.8) is 0 Å². The molecule has 1 aromatic rings. The summed E-state index contributed by atoms with van der Waals surface area (Å²) in [5.74, 6) is -6.75. The molecule has 1 atom stereocenters. The van der Waals surface area contributed by atoms with Gasteiger partial charge in [-0.1, -0.05) is 6.92 Å². The van der Waals surface area contributed by atoms with Gasteiger partial charge in [-0.3, -0.25) is 4.98 Å². The summed E-state index contributed by atoms with van der Waals surface area (Å²) in [5, 5.41) is 10.1. The number of alkyl halides is 2. The molecule has 0 saturated heterocycles. The predicted molar refractivity (Wildman–Crippen MR) is 60.0 cm³/mol. The quantitative estimate of drug-likeness (QED) is 0.836. The van der Waals surface area contributed by atoms with Crippen LogP contribution in [0.5, 0.6) is 0 Å². The number of pyridine rings is 1. The number of esters is 1. The number of hydrogen-bond donors (Lipinski definition) is 1. The van der Waals surface area contributed by atoms with Crippen LogP contribution >= 0.6 is 0 Å². The number of rotatable bonds is 5. The van der Waals surface area contributed by atoms with Crippen LogP contribution in [0.25, 0.3) is 0 Å². The fraction of sp³-hybridized carbons (Fsp3) is 0.500. The van der Waals surface area contributed by atoms with Gasteiger partial charge < -0.3 is 9.84 Å². The maximum Gasteiger partial charge on any atom is 0.380 e. The molecule has 4 nitrogen and oxygen atoms in total. The molecule has 0 aliphatic carbocycles. The highest BCUT2D eigenvalue weighted by molar-refractivity contribution is 5.79. The molecule has 0 fully saturated rings. The van der Waals surface area contributed by atoms with Gasteiger partial charge in [-0.25, -0.2) is 9.18 Å². The van der Waals surface area contributed by atoms with Gasteiger partial charge in [0.2, 0.25) is 0 Å². The second kappa shape index (κ2) is 5.56. The van der Waals surface area contributed by atoms with E-state index in [1.165, 1.54) is 13.8 Å². The topological polar surface area (TPSA) is 59.4 Å². The summed E-state index contributed by atoms with van der Waals surface area (Å²) in [6, 6.07) is 1.79. The van der Waals surface area contributed by atoms with Crippen molar-refractivity contribution in [1.82, 2.24) is 4.98 Å². The Balaban J connectivity index is 3.22. The Bertz CT molecular complexity index is 450. The summed E-state index contributed by atoms with van der Waals surface area (Å²) in [4.78, 5) is 14.7. The van der Waals surface area contributed by atoms with Crippen LogP contribution in [0, 0.1) is 5.82 Å². The van der Waals surface area contributed by atoms with Gasteiger partial charge in [-0.05, 0) is 25.5 Å². The molecule has 1 heterocycles. The Labute approximate surface area is 108 Å². The van der Waals surface area contributed by atoms with Crippen LogP contribution in [0.1, 0.15) is 26.0 Å². The van der Waals surface area contributed by atoms with Gasteiger partial charge in [0, 0.05) is 0 Å². The molecule has 1 N–H and O–H groups in total. The van der Waals surface area contributed by atoms with E-state index in [4.69, 9.17) is 0 Å². The van der Waals surface area contributed by atoms with Crippen molar-refractivity contribution in [1.29, 1.82) is 0 Å². The first-order valence-electron chi connectivity index (χ1n) is 5.69. The maximum atomic E-state index is 14.0. The van der Waals surface area contributed by atoms with Crippen LogP contribution < -0.4 is 0 Å². The molecule has 1 rings (SSSR count). The van der Waals surface area contributed by atoms with E-state index in [0.29, 0.717) is 6.20 Å². The second-order valence-electron chi connectivity index (χ2n) is 3.87. The molecule has 0 aromatic carbocycles. The van der Waals surface area contributed by atoms with Crippen molar-refractivity contribution in [3.8, 4) is 0 Å². The minimum absolute atomic E-state index is 0.245. The van der Waals surface area contributed by atoms with Crippen molar-refractivity contribution in [2.24, 2.45) is 0 Å². The minimum Gasteiger partial charge on any atom is -0.461 e. The van der Waals surface area contributed by atoms with Crippen LogP contribution in [-0.2, 0) is 15.1 Å². The maximum absolute atomic E-state index is 14.0. The molecule has 0 aliphatic heterocycles. The van der Waals surface area contributed by atoms with E-state index in [9.17, 15) is 23.1 Å². The molecular formula is C12H14F3NO3. The monoisotopic (exact) mass is 277 g/mol. The first-order chi connectivity index (χ1) is 8.79. The van der Waals surface area contributed by atoms with Gasteiger partial charge in [0.25, 0.3) is 0 Å². The molecule has 1 aromatic heterocycles. The van der Waals surface area contributed by atoms with Gasteiger partial charge in [-0.2, -0.15) is 8.78 Å². The van der Waals surface area contributed by atoms with Gasteiger partial charge in [0.1, 0.15) is 5.82 Å². The summed E-state index contributed by atoms with van der Waals surface area (Å²) in [6.45, 7) is 2.39. The number of hydrogen-bond acceptors (Lipinski definition) is 4. The minimum atomic E-state index is -4.18. The van der Waals surface area contributed by atoms with E-state index in [0.717, 1.165) is 12.1 Å². The molecule has 0 spiro atoms. The van der Waals surface area contributed by atoms with Gasteiger partial charge in [0.15, 0.2) is 5.60 Å². The molecule has 1 unspecified atom stereocenters. The first kappa shape index (κ1) is 15.4. The lowest BCUT2D eigenvalue weighted by Crippen LogP contribution is -2.51. The third-order valence-electron chi connectivity index (χ3n) is 2.71. The van der Waals surface area contributed by atoms with Crippen molar-refractivity contribution >= 4 is 5.97 Å². The van der Waals surface area contributed by atoms with Gasteiger partial charge in [-0.15, -0.1) is 0 Å². The van der Waals surface area contributed by atoms with Gasteiger partial charge in [0.05, 0.1) is 18.5 Å². The van der Waals surface area contributed by atoms with Crippen molar-refractivity contribution in [2.45, 2.75) is 31.8 Å². The van der Waals surface area contributed by atoms with Crippen LogP contribution in [0.2, 0.25) is 0 Å². The number of carbonyl (C=O) groups is 1. The Morgan fingerprint density at radius 1 is 1.42 bits per heavy atom. The van der Waals surface area contributed by atoms with E-state index in [2.05, 4.69) is 9.72 Å². The molecule has 0 aliphatic rings. The highest BCUT2D eigenvalue weighted by atomic mass is 19.3. The number of aliphatic hydroxyl groups is 1. The summed E-state index contributed by atoms with van der Waals surface area (Å²) >= 11 is 0. The standard InChI is InChI=1S/C12H14F3NO3/c1-3-11(18,9-6-5-8(13)7-16-9)12(14,15)10(17)19-4-2/h5-7,18H,3-4H2,1-2H3. The van der Waals surface area contributed by atoms with E-state index in [-0.39, 0.29) is 6.61 Å². The van der Waals surface area contributed by atoms with Crippen LogP contribution in [-0.4, -0.2) is 28.6 Å². The van der Waals surface area contributed by atoms with Crippen molar-refractivity contribution < 1.29 is 27.8 Å². The Morgan fingerprint density at radius 2 is 2.05 bits per heavy atom. The molecule has 106 valence electrons. The SMILES string of the molecule is CCOC(=O)C(F)(F)C(O)(CC)c1ccc(F)cn1. The number of halogens is 3. The second-order valence-corrected chi connectivity index (χ2v) is 3.87. The number of ether oxygens (including phenoxy) is 1. The van der Waals surface area contributed by atoms with Crippen molar-refractivity contribution in [3.05, 3.63) is 29.8 Å². The number of nitrogens with zero attached hydrogens (tertiary/aromatic N) is 1. The van der Waals surface area contributed by atoms with E-state index >= 15 is 0 Å². The smallest absolute Gasteiger partial charge is 0.380 e. The zero-order valence-corrected chi connectivity index (χ0v) is 10.5. The molecule has 0 radical (unpaired) electrons.